The third-order valence-corrected chi connectivity index (χ3v) is 12.3. The van der Waals surface area contributed by atoms with Crippen molar-refractivity contribution in [1.29, 1.82) is 0 Å². The molecule has 0 saturated heterocycles. The predicted molar refractivity (Wildman–Crippen MR) is 277 cm³/mol. The Morgan fingerprint density at radius 2 is 0.903 bits per heavy atom. The molecule has 0 fully saturated rings. The number of aromatic nitrogens is 2. The largest absolute Gasteiger partial charge is 0.444 e. The van der Waals surface area contributed by atoms with Crippen LogP contribution in [0.4, 0.5) is 29.4 Å². The van der Waals surface area contributed by atoms with E-state index in [1.54, 1.807) is 104 Å². The minimum Gasteiger partial charge on any atom is -0.444 e. The van der Waals surface area contributed by atoms with Crippen LogP contribution < -0.4 is 31.9 Å². The molecule has 22 heteroatoms. The standard InChI is InChI=1S/C50H72N10O10S2/c1-29(2)37(55-45(65)59(11)25-33-27-71-43(51-33)57-47(67)69-49(5,6)7)41(63)53-35(23-31-19-15-13-16-20-31)39(61)40(62)36(24-32-21-17-14-18-22-32)54-42(64)38(30(3)4)56-46(66)60(12)26-34-28-72-44(52-34)58-48(68)70-50(8,9)10/h13-22,27-30,35-40,61-62H,23-26H2,1-12H3,(H,53,63)(H,54,64)(H,55,65)(H,56,66)(H,51,57,67)(H,52,58,68)/t35-,36-,37-,38-,39-,40+/m0/s1. The number of carbonyl (C=O) groups excluding carboxylic acids is 6. The Bertz CT molecular complexity index is 2240. The Labute approximate surface area is 430 Å². The van der Waals surface area contributed by atoms with Crippen molar-refractivity contribution in [1.82, 2.24) is 41.0 Å². The van der Waals surface area contributed by atoms with Gasteiger partial charge in [-0.25, -0.2) is 29.1 Å². The third-order valence-electron chi connectivity index (χ3n) is 10.7. The van der Waals surface area contributed by atoms with Crippen LogP contribution in [-0.4, -0.2) is 128 Å². The summed E-state index contributed by atoms with van der Waals surface area (Å²) in [5.74, 6) is -2.11. The molecule has 394 valence electrons. The van der Waals surface area contributed by atoms with Gasteiger partial charge in [0.25, 0.3) is 0 Å². The lowest BCUT2D eigenvalue weighted by Gasteiger charge is -2.35. The molecule has 72 heavy (non-hydrogen) atoms. The highest BCUT2D eigenvalue weighted by Gasteiger charge is 2.38. The topological polar surface area (TPSA) is 266 Å². The van der Waals surface area contributed by atoms with E-state index in [2.05, 4.69) is 41.9 Å². The minimum atomic E-state index is -1.67. The summed E-state index contributed by atoms with van der Waals surface area (Å²) in [7, 11) is 3.06. The van der Waals surface area contributed by atoms with Crippen LogP contribution in [0.15, 0.2) is 71.4 Å². The Hall–Kier alpha value is -6.36. The number of ether oxygens (including phenoxy) is 2. The van der Waals surface area contributed by atoms with E-state index in [1.807, 2.05) is 36.4 Å². The monoisotopic (exact) mass is 1040 g/mol. The summed E-state index contributed by atoms with van der Waals surface area (Å²) < 4.78 is 10.6. The van der Waals surface area contributed by atoms with E-state index in [-0.39, 0.29) is 36.2 Å². The molecule has 0 bridgehead atoms. The van der Waals surface area contributed by atoms with Gasteiger partial charge in [0.2, 0.25) is 11.8 Å². The molecule has 2 aromatic heterocycles. The first-order chi connectivity index (χ1) is 33.7. The highest BCUT2D eigenvalue weighted by Crippen LogP contribution is 2.21. The van der Waals surface area contributed by atoms with E-state index in [4.69, 9.17) is 9.47 Å². The highest BCUT2D eigenvalue weighted by atomic mass is 32.1. The Morgan fingerprint density at radius 3 is 1.21 bits per heavy atom. The second kappa shape index (κ2) is 26.4. The average molecular weight is 1040 g/mol. The zero-order valence-corrected chi connectivity index (χ0v) is 44.8. The number of urea groups is 2. The van der Waals surface area contributed by atoms with Crippen LogP contribution in [0.25, 0.3) is 0 Å². The SMILES string of the molecule is CC(C)[C@H](NC(=O)N(C)Cc1csc(NC(=O)OC(C)(C)C)n1)C(=O)N[C@@H](Cc1ccccc1)[C@H](O)[C@H](O)[C@H](Cc1ccccc1)NC(=O)[C@@H](NC(=O)N(C)Cc1csc(NC(=O)OC(C)(C)C)n1)C(C)C. The lowest BCUT2D eigenvalue weighted by molar-refractivity contribution is -0.129. The normalized spacial score (nSPS) is 14.2. The number of anilines is 2. The van der Waals surface area contributed by atoms with Gasteiger partial charge < -0.3 is 50.8 Å². The number of carbonyl (C=O) groups is 6. The Balaban J connectivity index is 1.50. The maximum absolute atomic E-state index is 14.3. The quantitative estimate of drug-likeness (QED) is 0.0445. The van der Waals surface area contributed by atoms with Crippen LogP contribution in [0.5, 0.6) is 0 Å². The van der Waals surface area contributed by atoms with Gasteiger partial charge in [0.1, 0.15) is 35.5 Å². The molecule has 0 spiro atoms. The molecule has 0 aliphatic carbocycles. The fraction of sp³-hybridized carbons (Fsp3) is 0.520. The summed E-state index contributed by atoms with van der Waals surface area (Å²) in [6, 6.07) is 12.5. The summed E-state index contributed by atoms with van der Waals surface area (Å²) in [5.41, 5.74) is 1.02. The summed E-state index contributed by atoms with van der Waals surface area (Å²) >= 11 is 2.33. The van der Waals surface area contributed by atoms with Crippen molar-refractivity contribution in [3.05, 3.63) is 93.9 Å². The second-order valence-corrected chi connectivity index (χ2v) is 21.9. The van der Waals surface area contributed by atoms with Gasteiger partial charge in [0, 0.05) is 24.9 Å². The molecular formula is C50H72N10O10S2. The molecule has 0 aliphatic heterocycles. The van der Waals surface area contributed by atoms with Crippen LogP contribution in [0.2, 0.25) is 0 Å². The lowest BCUT2D eigenvalue weighted by Crippen LogP contribution is -2.62. The van der Waals surface area contributed by atoms with Crippen LogP contribution >= 0.6 is 22.7 Å². The van der Waals surface area contributed by atoms with Crippen LogP contribution in [0.1, 0.15) is 91.8 Å². The summed E-state index contributed by atoms with van der Waals surface area (Å²) in [6.45, 7) is 17.6. The number of nitrogens with zero attached hydrogens (tertiary/aromatic N) is 4. The first kappa shape index (κ1) is 58.2. The lowest BCUT2D eigenvalue weighted by atomic mass is 9.90. The summed E-state index contributed by atoms with van der Waals surface area (Å²) in [5, 5.41) is 44.8. The van der Waals surface area contributed by atoms with Crippen molar-refractivity contribution in [2.45, 2.75) is 143 Å². The maximum atomic E-state index is 14.3. The smallest absolute Gasteiger partial charge is 0.413 e. The molecule has 4 aromatic rings. The number of nitrogens with one attached hydrogen (secondary N) is 6. The number of aliphatic hydroxyl groups is 2. The second-order valence-electron chi connectivity index (χ2n) is 20.2. The molecule has 0 saturated carbocycles. The molecule has 0 radical (unpaired) electrons. The van der Waals surface area contributed by atoms with Gasteiger partial charge in [-0.05, 0) is 77.3 Å². The van der Waals surface area contributed by atoms with Gasteiger partial charge in [0.15, 0.2) is 10.3 Å². The third kappa shape index (κ3) is 19.3. The maximum Gasteiger partial charge on any atom is 0.413 e. The molecule has 8 N–H and O–H groups in total. The van der Waals surface area contributed by atoms with Crippen molar-refractivity contribution in [2.75, 3.05) is 24.7 Å². The van der Waals surface area contributed by atoms with Crippen molar-refractivity contribution >= 4 is 69.0 Å². The van der Waals surface area contributed by atoms with Gasteiger partial charge >= 0.3 is 24.2 Å². The molecule has 0 aliphatic rings. The van der Waals surface area contributed by atoms with Gasteiger partial charge in [0.05, 0.1) is 36.6 Å². The van der Waals surface area contributed by atoms with E-state index in [1.165, 1.54) is 23.9 Å². The molecule has 4 rings (SSSR count). The molecule has 2 heterocycles. The number of rotatable bonds is 21. The first-order valence-electron chi connectivity index (χ1n) is 23.6. The number of amides is 8. The zero-order chi connectivity index (χ0) is 53.5. The molecule has 0 unspecified atom stereocenters. The van der Waals surface area contributed by atoms with Crippen molar-refractivity contribution in [2.24, 2.45) is 11.8 Å². The van der Waals surface area contributed by atoms with E-state index < -0.39 is 95.5 Å². The van der Waals surface area contributed by atoms with Crippen molar-refractivity contribution in [3.63, 3.8) is 0 Å². The molecule has 2 aromatic carbocycles. The molecule has 20 nitrogen and oxygen atoms in total. The molecule has 6 atom stereocenters. The highest BCUT2D eigenvalue weighted by molar-refractivity contribution is 7.14. The number of hydrogen-bond acceptors (Lipinski definition) is 14. The Kier molecular flexibility index (Phi) is 21.3. The van der Waals surface area contributed by atoms with Gasteiger partial charge in [-0.3, -0.25) is 20.2 Å². The summed E-state index contributed by atoms with van der Waals surface area (Å²) in [6.07, 6.45) is -4.55. The fourth-order valence-corrected chi connectivity index (χ4v) is 8.49. The number of hydrogen-bond donors (Lipinski definition) is 8. The number of aliphatic hydroxyl groups excluding tert-OH is 2. The number of thiazole rings is 2. The van der Waals surface area contributed by atoms with Gasteiger partial charge in [-0.1, -0.05) is 88.4 Å². The van der Waals surface area contributed by atoms with E-state index in [9.17, 15) is 39.0 Å². The van der Waals surface area contributed by atoms with Crippen molar-refractivity contribution in [3.8, 4) is 0 Å². The van der Waals surface area contributed by atoms with Gasteiger partial charge in [-0.15, -0.1) is 22.7 Å². The van der Waals surface area contributed by atoms with E-state index >= 15 is 0 Å². The number of benzene rings is 2. The van der Waals surface area contributed by atoms with Gasteiger partial charge in [-0.2, -0.15) is 0 Å². The van der Waals surface area contributed by atoms with E-state index in [0.717, 1.165) is 33.8 Å². The molecular weight excluding hydrogens is 965 g/mol. The Morgan fingerprint density at radius 1 is 0.569 bits per heavy atom. The van der Waals surface area contributed by atoms with Crippen LogP contribution in [0, 0.1) is 11.8 Å². The van der Waals surface area contributed by atoms with E-state index in [0.29, 0.717) is 11.4 Å². The fourth-order valence-electron chi connectivity index (χ4n) is 7.11. The van der Waals surface area contributed by atoms with Crippen molar-refractivity contribution < 1.29 is 48.5 Å². The first-order valence-corrected chi connectivity index (χ1v) is 25.4. The average Bonchev–Trinajstić information content (AvgIpc) is 3.92. The predicted octanol–water partition coefficient (Wildman–Crippen LogP) is 6.50. The zero-order valence-electron chi connectivity index (χ0n) is 43.1. The van der Waals surface area contributed by atoms with Crippen LogP contribution in [0.3, 0.4) is 0 Å². The summed E-state index contributed by atoms with van der Waals surface area (Å²) in [4.78, 5) is 91.7. The van der Waals surface area contributed by atoms with Crippen LogP contribution in [-0.2, 0) is 45.0 Å². The minimum absolute atomic E-state index is 0.0445. The molecule has 8 amide bonds.